The first-order valence-electron chi connectivity index (χ1n) is 5.75. The van der Waals surface area contributed by atoms with Crippen LogP contribution in [0.25, 0.3) is 0 Å². The number of unbranched alkanes of at least 4 members (excludes halogenated alkanes) is 2. The molecule has 0 aromatic rings. The van der Waals surface area contributed by atoms with Gasteiger partial charge in [-0.3, -0.25) is 0 Å². The summed E-state index contributed by atoms with van der Waals surface area (Å²) in [6, 6.07) is 0. The second-order valence-electron chi connectivity index (χ2n) is 4.60. The van der Waals surface area contributed by atoms with Gasteiger partial charge in [-0.05, 0) is 26.7 Å². The molecule has 86 valence electrons. The minimum absolute atomic E-state index is 0.264. The lowest BCUT2D eigenvalue weighted by Gasteiger charge is -2.37. The molecule has 14 heavy (non-hydrogen) atoms. The molecular weight excluding hydrogens is 215 g/mol. The van der Waals surface area contributed by atoms with Gasteiger partial charge in [0.05, 0.1) is 9.75 Å². The van der Waals surface area contributed by atoms with Gasteiger partial charge in [0.25, 0.3) is 0 Å². The summed E-state index contributed by atoms with van der Waals surface area (Å²) in [7, 11) is 0. The van der Waals surface area contributed by atoms with E-state index < -0.39 is 0 Å². The van der Waals surface area contributed by atoms with Gasteiger partial charge in [-0.15, -0.1) is 23.2 Å². The van der Waals surface area contributed by atoms with Gasteiger partial charge in [0.2, 0.25) is 0 Å². The van der Waals surface area contributed by atoms with Crippen molar-refractivity contribution in [3.63, 3.8) is 0 Å². The Balaban J connectivity index is 4.13. The summed E-state index contributed by atoms with van der Waals surface area (Å²) in [5.41, 5.74) is 0. The number of hydrogen-bond acceptors (Lipinski definition) is 0. The second kappa shape index (κ2) is 6.23. The zero-order valence-electron chi connectivity index (χ0n) is 10.00. The van der Waals surface area contributed by atoms with E-state index in [9.17, 15) is 0 Å². The highest BCUT2D eigenvalue weighted by molar-refractivity contribution is 6.34. The molecule has 0 heterocycles. The normalized spacial score (nSPS) is 20.1. The maximum atomic E-state index is 6.51. The van der Waals surface area contributed by atoms with Gasteiger partial charge in [0.1, 0.15) is 0 Å². The highest BCUT2D eigenvalue weighted by Gasteiger charge is 2.40. The highest BCUT2D eigenvalue weighted by Crippen LogP contribution is 2.42. The van der Waals surface area contributed by atoms with Gasteiger partial charge in [-0.25, -0.2) is 0 Å². The van der Waals surface area contributed by atoms with Crippen molar-refractivity contribution >= 4 is 23.2 Å². The van der Waals surface area contributed by atoms with Gasteiger partial charge in [0.15, 0.2) is 0 Å². The van der Waals surface area contributed by atoms with E-state index in [1.807, 2.05) is 0 Å². The first kappa shape index (κ1) is 14.6. The Labute approximate surface area is 99.4 Å². The molecule has 0 aliphatic heterocycles. The Morgan fingerprint density at radius 1 is 0.786 bits per heavy atom. The monoisotopic (exact) mass is 238 g/mol. The average Bonchev–Trinajstić information content (AvgIpc) is 2.04. The minimum atomic E-state index is -0.267. The fraction of sp³-hybridized carbons (Fsp3) is 1.00. The first-order valence-corrected chi connectivity index (χ1v) is 6.51. The third-order valence-corrected chi connectivity index (χ3v) is 4.37. The maximum absolute atomic E-state index is 6.51. The molecule has 2 unspecified atom stereocenters. The van der Waals surface area contributed by atoms with E-state index in [1.165, 1.54) is 19.3 Å². The predicted octanol–water partition coefficient (Wildman–Crippen LogP) is 5.36. The molecule has 2 atom stereocenters. The minimum Gasteiger partial charge on any atom is -0.118 e. The summed E-state index contributed by atoms with van der Waals surface area (Å²) in [4.78, 5) is -0.531. The molecule has 2 heteroatoms. The zero-order chi connectivity index (χ0) is 11.2. The summed E-state index contributed by atoms with van der Waals surface area (Å²) >= 11 is 13.0. The maximum Gasteiger partial charge on any atom is 0.0607 e. The second-order valence-corrected chi connectivity index (χ2v) is 6.27. The van der Waals surface area contributed by atoms with E-state index in [0.29, 0.717) is 0 Å². The average molecular weight is 239 g/mol. The van der Waals surface area contributed by atoms with Crippen LogP contribution in [0.2, 0.25) is 0 Å². The third-order valence-electron chi connectivity index (χ3n) is 3.06. The quantitative estimate of drug-likeness (QED) is 0.414. The van der Waals surface area contributed by atoms with Crippen LogP contribution >= 0.6 is 23.2 Å². The van der Waals surface area contributed by atoms with Crippen LogP contribution in [0, 0.1) is 0 Å². The van der Waals surface area contributed by atoms with E-state index >= 15 is 0 Å². The lowest BCUT2D eigenvalue weighted by molar-refractivity contribution is 0.391. The van der Waals surface area contributed by atoms with Crippen LogP contribution in [-0.4, -0.2) is 9.75 Å². The van der Waals surface area contributed by atoms with Crippen molar-refractivity contribution in [2.45, 2.75) is 76.0 Å². The Kier molecular flexibility index (Phi) is 6.48. The van der Waals surface area contributed by atoms with Crippen LogP contribution in [0.5, 0.6) is 0 Å². The molecule has 0 fully saturated rings. The van der Waals surface area contributed by atoms with Crippen molar-refractivity contribution in [1.29, 1.82) is 0 Å². The zero-order valence-corrected chi connectivity index (χ0v) is 11.5. The Morgan fingerprint density at radius 2 is 1.29 bits per heavy atom. The third kappa shape index (κ3) is 4.40. The first-order chi connectivity index (χ1) is 6.37. The SMILES string of the molecule is CCCCCC(C)(Cl)C(C)(Cl)CCC. The Morgan fingerprint density at radius 3 is 1.71 bits per heavy atom. The van der Waals surface area contributed by atoms with Crippen molar-refractivity contribution in [3.8, 4) is 0 Å². The van der Waals surface area contributed by atoms with Crippen molar-refractivity contribution < 1.29 is 0 Å². The van der Waals surface area contributed by atoms with Crippen molar-refractivity contribution in [2.24, 2.45) is 0 Å². The number of rotatable bonds is 7. The van der Waals surface area contributed by atoms with E-state index in [2.05, 4.69) is 27.7 Å². The van der Waals surface area contributed by atoms with E-state index in [0.717, 1.165) is 19.3 Å². The largest absolute Gasteiger partial charge is 0.118 e. The lowest BCUT2D eigenvalue weighted by atomic mass is 9.86. The fourth-order valence-corrected chi connectivity index (χ4v) is 2.21. The highest BCUT2D eigenvalue weighted by atomic mass is 35.5. The molecule has 0 N–H and O–H groups in total. The molecule has 0 bridgehead atoms. The van der Waals surface area contributed by atoms with E-state index in [4.69, 9.17) is 23.2 Å². The van der Waals surface area contributed by atoms with Crippen LogP contribution in [0.15, 0.2) is 0 Å². The van der Waals surface area contributed by atoms with Gasteiger partial charge in [0, 0.05) is 0 Å². The Bertz CT molecular complexity index is 150. The fourth-order valence-electron chi connectivity index (χ4n) is 1.70. The molecule has 0 aromatic carbocycles. The number of halogens is 2. The van der Waals surface area contributed by atoms with Crippen molar-refractivity contribution in [2.75, 3.05) is 0 Å². The molecule has 0 nitrogen and oxygen atoms in total. The van der Waals surface area contributed by atoms with Crippen LogP contribution in [0.1, 0.15) is 66.2 Å². The molecule has 0 aromatic heterocycles. The topological polar surface area (TPSA) is 0 Å². The molecule has 0 radical (unpaired) electrons. The van der Waals surface area contributed by atoms with Crippen LogP contribution < -0.4 is 0 Å². The summed E-state index contributed by atoms with van der Waals surface area (Å²) in [6.45, 7) is 8.50. The van der Waals surface area contributed by atoms with Crippen molar-refractivity contribution in [1.82, 2.24) is 0 Å². The summed E-state index contributed by atoms with van der Waals surface area (Å²) < 4.78 is 0. The summed E-state index contributed by atoms with van der Waals surface area (Å²) in [5, 5.41) is 0. The van der Waals surface area contributed by atoms with Crippen LogP contribution in [0.4, 0.5) is 0 Å². The van der Waals surface area contributed by atoms with E-state index in [-0.39, 0.29) is 9.75 Å². The molecule has 0 saturated heterocycles. The van der Waals surface area contributed by atoms with E-state index in [1.54, 1.807) is 0 Å². The van der Waals surface area contributed by atoms with Gasteiger partial charge in [-0.2, -0.15) is 0 Å². The van der Waals surface area contributed by atoms with Gasteiger partial charge in [-0.1, -0.05) is 39.5 Å². The summed E-state index contributed by atoms with van der Waals surface area (Å²) in [6.07, 6.45) is 6.77. The molecule has 0 saturated carbocycles. The molecule has 0 amide bonds. The molecule has 0 aliphatic carbocycles. The number of alkyl halides is 2. The molecule has 0 aliphatic rings. The molecular formula is C12H24Cl2. The van der Waals surface area contributed by atoms with Crippen LogP contribution in [0.3, 0.4) is 0 Å². The lowest BCUT2D eigenvalue weighted by Crippen LogP contribution is -2.40. The molecule has 0 rings (SSSR count). The van der Waals surface area contributed by atoms with Gasteiger partial charge >= 0.3 is 0 Å². The predicted molar refractivity (Wildman–Crippen MR) is 67.6 cm³/mol. The van der Waals surface area contributed by atoms with Gasteiger partial charge < -0.3 is 0 Å². The summed E-state index contributed by atoms with van der Waals surface area (Å²) in [5.74, 6) is 0. The Hall–Kier alpha value is 0.580. The van der Waals surface area contributed by atoms with Crippen LogP contribution in [-0.2, 0) is 0 Å². The smallest absolute Gasteiger partial charge is 0.0607 e. The van der Waals surface area contributed by atoms with Crippen molar-refractivity contribution in [3.05, 3.63) is 0 Å². The molecule has 0 spiro atoms. The number of hydrogen-bond donors (Lipinski definition) is 0. The standard InChI is InChI=1S/C12H24Cl2/c1-5-7-8-10-12(4,14)11(3,13)9-6-2/h5-10H2,1-4H3.